The number of esters is 1. The number of benzene rings is 2. The number of hydrogen-bond acceptors (Lipinski definition) is 6. The smallest absolute Gasteiger partial charge is 0.325 e. The number of nitrogens with one attached hydrogen (secondary N) is 1. The molecule has 2 aromatic carbocycles. The Morgan fingerprint density at radius 3 is 2.56 bits per heavy atom. The van der Waals surface area contributed by atoms with Crippen molar-refractivity contribution in [1.82, 2.24) is 15.1 Å². The number of hydrogen-bond donors (Lipinski definition) is 1. The average Bonchev–Trinajstić information content (AvgIpc) is 3.10. The zero-order valence-electron chi connectivity index (χ0n) is 19.2. The summed E-state index contributed by atoms with van der Waals surface area (Å²) in [6.07, 6.45) is 1.50. The third-order valence-corrected chi connectivity index (χ3v) is 6.52. The van der Waals surface area contributed by atoms with Crippen molar-refractivity contribution in [2.45, 2.75) is 37.9 Å². The van der Waals surface area contributed by atoms with Gasteiger partial charge >= 0.3 is 5.97 Å². The van der Waals surface area contributed by atoms with E-state index in [1.54, 1.807) is 41.0 Å². The van der Waals surface area contributed by atoms with Gasteiger partial charge < -0.3 is 14.5 Å². The van der Waals surface area contributed by atoms with E-state index in [4.69, 9.17) is 10.00 Å². The molecular weight excluding hydrogens is 432 g/mol. The van der Waals surface area contributed by atoms with Crippen LogP contribution in [0.5, 0.6) is 0 Å². The van der Waals surface area contributed by atoms with Gasteiger partial charge in [-0.2, -0.15) is 5.26 Å². The maximum Gasteiger partial charge on any atom is 0.325 e. The third kappa shape index (κ3) is 4.80. The van der Waals surface area contributed by atoms with E-state index in [-0.39, 0.29) is 25.0 Å². The molecule has 2 aliphatic heterocycles. The number of rotatable bonds is 6. The van der Waals surface area contributed by atoms with Gasteiger partial charge in [0.2, 0.25) is 5.91 Å². The largest absolute Gasteiger partial charge is 0.465 e. The quantitative estimate of drug-likeness (QED) is 0.663. The van der Waals surface area contributed by atoms with Crippen LogP contribution in [-0.4, -0.2) is 65.5 Å². The lowest BCUT2D eigenvalue weighted by atomic mass is 9.95. The molecule has 2 saturated heterocycles. The number of nitrogens with zero attached hydrogens (tertiary/aromatic N) is 3. The Morgan fingerprint density at radius 2 is 1.88 bits per heavy atom. The molecule has 0 radical (unpaired) electrons. The van der Waals surface area contributed by atoms with Gasteiger partial charge in [0.1, 0.15) is 6.54 Å². The summed E-state index contributed by atoms with van der Waals surface area (Å²) in [6.45, 7) is 2.71. The van der Waals surface area contributed by atoms with E-state index in [0.717, 1.165) is 5.56 Å². The van der Waals surface area contributed by atoms with E-state index >= 15 is 0 Å². The lowest BCUT2D eigenvalue weighted by Gasteiger charge is -2.44. The van der Waals surface area contributed by atoms with Gasteiger partial charge in [0, 0.05) is 31.5 Å². The molecule has 2 heterocycles. The highest BCUT2D eigenvalue weighted by Gasteiger charge is 2.52. The minimum Gasteiger partial charge on any atom is -0.465 e. The minimum atomic E-state index is -0.714. The lowest BCUT2D eigenvalue weighted by Crippen LogP contribution is -2.60. The van der Waals surface area contributed by atoms with Crippen LogP contribution in [0.15, 0.2) is 54.6 Å². The van der Waals surface area contributed by atoms with Gasteiger partial charge in [-0.15, -0.1) is 0 Å². The molecular formula is C26H28N4O4. The molecule has 1 unspecified atom stereocenters. The average molecular weight is 461 g/mol. The van der Waals surface area contributed by atoms with Crippen molar-refractivity contribution in [2.24, 2.45) is 0 Å². The number of piperidine rings is 1. The molecule has 8 nitrogen and oxygen atoms in total. The van der Waals surface area contributed by atoms with Gasteiger partial charge in [-0.25, -0.2) is 0 Å². The van der Waals surface area contributed by atoms with Crippen molar-refractivity contribution in [2.75, 3.05) is 26.2 Å². The van der Waals surface area contributed by atoms with Crippen LogP contribution in [0.3, 0.4) is 0 Å². The van der Waals surface area contributed by atoms with E-state index in [2.05, 4.69) is 11.4 Å². The molecule has 0 aliphatic carbocycles. The normalized spacial score (nSPS) is 19.2. The summed E-state index contributed by atoms with van der Waals surface area (Å²) in [5.41, 5.74) is 1.23. The summed E-state index contributed by atoms with van der Waals surface area (Å²) in [5, 5.41) is 12.6. The maximum absolute atomic E-state index is 13.4. The van der Waals surface area contributed by atoms with Crippen molar-refractivity contribution < 1.29 is 19.1 Å². The van der Waals surface area contributed by atoms with Gasteiger partial charge in [-0.05, 0) is 37.1 Å². The molecule has 0 saturated carbocycles. The second-order valence-corrected chi connectivity index (χ2v) is 8.63. The molecule has 176 valence electrons. The van der Waals surface area contributed by atoms with Crippen LogP contribution in [-0.2, 0) is 20.7 Å². The van der Waals surface area contributed by atoms with Crippen molar-refractivity contribution in [3.05, 3.63) is 71.3 Å². The summed E-state index contributed by atoms with van der Waals surface area (Å²) in [7, 11) is 0. The van der Waals surface area contributed by atoms with Gasteiger partial charge in [-0.1, -0.05) is 36.4 Å². The molecule has 2 fully saturated rings. The summed E-state index contributed by atoms with van der Waals surface area (Å²) in [4.78, 5) is 42.1. The molecule has 2 amide bonds. The fourth-order valence-electron chi connectivity index (χ4n) is 4.81. The van der Waals surface area contributed by atoms with Gasteiger partial charge in [-0.3, -0.25) is 19.7 Å². The second kappa shape index (κ2) is 10.1. The molecule has 4 rings (SSSR count). The summed E-state index contributed by atoms with van der Waals surface area (Å²) in [6, 6.07) is 18.0. The molecule has 0 aromatic heterocycles. The molecule has 1 spiro atoms. The van der Waals surface area contributed by atoms with Crippen LogP contribution < -0.4 is 5.32 Å². The summed E-state index contributed by atoms with van der Waals surface area (Å²) in [5.74, 6) is -0.711. The lowest BCUT2D eigenvalue weighted by molar-refractivity contribution is -0.151. The maximum atomic E-state index is 13.4. The number of amides is 2. The van der Waals surface area contributed by atoms with Crippen LogP contribution in [0.4, 0.5) is 0 Å². The Bertz CT molecular complexity index is 1100. The Kier molecular flexibility index (Phi) is 6.94. The molecule has 2 aliphatic rings. The zero-order chi connectivity index (χ0) is 24.1. The molecule has 0 bridgehead atoms. The first kappa shape index (κ1) is 23.5. The Morgan fingerprint density at radius 1 is 1.15 bits per heavy atom. The first-order valence-electron chi connectivity index (χ1n) is 11.5. The summed E-state index contributed by atoms with van der Waals surface area (Å²) >= 11 is 0. The molecule has 8 heteroatoms. The highest BCUT2D eigenvalue weighted by molar-refractivity contribution is 5.95. The molecule has 1 N–H and O–H groups in total. The van der Waals surface area contributed by atoms with Crippen LogP contribution in [0.25, 0.3) is 0 Å². The Hall–Kier alpha value is -3.70. The third-order valence-electron chi connectivity index (χ3n) is 6.52. The number of carbonyl (C=O) groups excluding carboxylic acids is 3. The van der Waals surface area contributed by atoms with Crippen molar-refractivity contribution >= 4 is 17.8 Å². The van der Waals surface area contributed by atoms with Crippen LogP contribution in [0.1, 0.15) is 41.3 Å². The fraction of sp³-hybridized carbons (Fsp3) is 0.385. The zero-order valence-corrected chi connectivity index (χ0v) is 19.2. The van der Waals surface area contributed by atoms with Gasteiger partial charge in [0.05, 0.1) is 29.9 Å². The van der Waals surface area contributed by atoms with E-state index in [1.165, 1.54) is 0 Å². The van der Waals surface area contributed by atoms with Crippen LogP contribution in [0.2, 0.25) is 0 Å². The van der Waals surface area contributed by atoms with E-state index < -0.39 is 17.7 Å². The van der Waals surface area contributed by atoms with Gasteiger partial charge in [0.25, 0.3) is 5.91 Å². The Labute approximate surface area is 199 Å². The fourth-order valence-corrected chi connectivity index (χ4v) is 4.81. The number of likely N-dealkylation sites (tertiary alicyclic amines) is 1. The van der Waals surface area contributed by atoms with E-state index in [1.807, 2.05) is 30.3 Å². The molecule has 2 aromatic rings. The molecule has 34 heavy (non-hydrogen) atoms. The highest BCUT2D eigenvalue weighted by Crippen LogP contribution is 2.34. The monoisotopic (exact) mass is 460 g/mol. The first-order valence-corrected chi connectivity index (χ1v) is 11.5. The Balaban J connectivity index is 1.51. The molecule has 1 atom stereocenters. The van der Waals surface area contributed by atoms with Gasteiger partial charge in [0.15, 0.2) is 0 Å². The standard InChI is InChI=1S/C26H28N4O4/c1-2-34-23(31)18-30-25(33)22(16-19-7-4-3-5-8-19)28-26(30)11-13-29(14-12-26)24(32)21-10-6-9-20(15-21)17-27/h3-10,15,22,28H,2,11-14,16,18H2,1H3. The summed E-state index contributed by atoms with van der Waals surface area (Å²) < 4.78 is 5.13. The topological polar surface area (TPSA) is 103 Å². The van der Waals surface area contributed by atoms with Crippen LogP contribution in [0, 0.1) is 11.3 Å². The SMILES string of the molecule is CCOC(=O)CN1C(=O)C(Cc2ccccc2)NC12CCN(C(=O)c1cccc(C#N)c1)CC2. The number of carbonyl (C=O) groups is 3. The second-order valence-electron chi connectivity index (χ2n) is 8.63. The van der Waals surface area contributed by atoms with E-state index in [9.17, 15) is 14.4 Å². The van der Waals surface area contributed by atoms with E-state index in [0.29, 0.717) is 43.5 Å². The number of nitriles is 1. The van der Waals surface area contributed by atoms with Crippen molar-refractivity contribution in [3.63, 3.8) is 0 Å². The number of ether oxygens (including phenoxy) is 1. The van der Waals surface area contributed by atoms with Crippen molar-refractivity contribution in [3.8, 4) is 6.07 Å². The highest BCUT2D eigenvalue weighted by atomic mass is 16.5. The minimum absolute atomic E-state index is 0.122. The predicted octanol–water partition coefficient (Wildman–Crippen LogP) is 2.10. The first-order chi connectivity index (χ1) is 16.5. The predicted molar refractivity (Wildman–Crippen MR) is 124 cm³/mol. The van der Waals surface area contributed by atoms with Crippen molar-refractivity contribution in [1.29, 1.82) is 5.26 Å². The van der Waals surface area contributed by atoms with Crippen LogP contribution >= 0.6 is 0 Å².